The van der Waals surface area contributed by atoms with Gasteiger partial charge in [0, 0.05) is 32.6 Å². The summed E-state index contributed by atoms with van der Waals surface area (Å²) in [5.41, 5.74) is 0. The smallest absolute Gasteiger partial charge is 0.224 e. The first-order valence-electron chi connectivity index (χ1n) is 5.88. The van der Waals surface area contributed by atoms with Crippen LogP contribution in [0.5, 0.6) is 0 Å². The van der Waals surface area contributed by atoms with Crippen LogP contribution in [0.15, 0.2) is 12.3 Å². The molecular weight excluding hydrogens is 252 g/mol. The number of rotatable bonds is 7. The molecule has 1 aromatic rings. The average molecular weight is 272 g/mol. The number of nitrogens with zero attached hydrogens (tertiary/aromatic N) is 3. The van der Waals surface area contributed by atoms with Gasteiger partial charge in [-0.3, -0.25) is 0 Å². The second-order valence-electron chi connectivity index (χ2n) is 4.22. The molecule has 1 N–H and O–H groups in total. The Morgan fingerprint density at radius 1 is 1.44 bits per heavy atom. The SMILES string of the molecule is CCCNc1nccc(N(C)CCS(C)(=O)=O)n1. The Balaban J connectivity index is 2.64. The van der Waals surface area contributed by atoms with E-state index in [0.29, 0.717) is 18.3 Å². The normalized spacial score (nSPS) is 11.3. The summed E-state index contributed by atoms with van der Waals surface area (Å²) in [7, 11) is -1.14. The Morgan fingerprint density at radius 3 is 2.78 bits per heavy atom. The van der Waals surface area contributed by atoms with Crippen LogP contribution in [-0.4, -0.2) is 50.5 Å². The molecule has 0 aromatic carbocycles. The molecule has 0 radical (unpaired) electrons. The Labute approximate surface area is 108 Å². The van der Waals surface area contributed by atoms with Crippen molar-refractivity contribution in [2.24, 2.45) is 0 Å². The van der Waals surface area contributed by atoms with Gasteiger partial charge in [0.05, 0.1) is 5.75 Å². The lowest BCUT2D eigenvalue weighted by molar-refractivity contribution is 0.601. The van der Waals surface area contributed by atoms with Crippen molar-refractivity contribution < 1.29 is 8.42 Å². The fourth-order valence-electron chi connectivity index (χ4n) is 1.30. The van der Waals surface area contributed by atoms with E-state index < -0.39 is 9.84 Å². The maximum Gasteiger partial charge on any atom is 0.224 e. The van der Waals surface area contributed by atoms with Crippen LogP contribution in [0.4, 0.5) is 11.8 Å². The van der Waals surface area contributed by atoms with E-state index in [1.807, 2.05) is 7.05 Å². The maximum absolute atomic E-state index is 11.1. The largest absolute Gasteiger partial charge is 0.358 e. The van der Waals surface area contributed by atoms with Crippen LogP contribution >= 0.6 is 0 Å². The molecular formula is C11H20N4O2S. The minimum atomic E-state index is -2.95. The van der Waals surface area contributed by atoms with Gasteiger partial charge in [-0.05, 0) is 12.5 Å². The first kappa shape index (κ1) is 14.7. The zero-order valence-electron chi connectivity index (χ0n) is 11.0. The Morgan fingerprint density at radius 2 is 2.17 bits per heavy atom. The lowest BCUT2D eigenvalue weighted by Crippen LogP contribution is -2.26. The molecule has 0 spiro atoms. The number of hydrogen-bond donors (Lipinski definition) is 1. The highest BCUT2D eigenvalue weighted by Crippen LogP contribution is 2.10. The molecule has 7 heteroatoms. The van der Waals surface area contributed by atoms with E-state index >= 15 is 0 Å². The number of hydrogen-bond acceptors (Lipinski definition) is 6. The second kappa shape index (κ2) is 6.53. The van der Waals surface area contributed by atoms with Crippen molar-refractivity contribution in [1.29, 1.82) is 0 Å². The highest BCUT2D eigenvalue weighted by molar-refractivity contribution is 7.90. The summed E-state index contributed by atoms with van der Waals surface area (Å²) >= 11 is 0. The summed E-state index contributed by atoms with van der Waals surface area (Å²) in [6.07, 6.45) is 3.89. The number of anilines is 2. The highest BCUT2D eigenvalue weighted by atomic mass is 32.2. The van der Waals surface area contributed by atoms with E-state index in [9.17, 15) is 8.42 Å². The number of nitrogens with one attached hydrogen (secondary N) is 1. The monoisotopic (exact) mass is 272 g/mol. The third-order valence-corrected chi connectivity index (χ3v) is 3.29. The van der Waals surface area contributed by atoms with Crippen molar-refractivity contribution in [1.82, 2.24) is 9.97 Å². The summed E-state index contributed by atoms with van der Waals surface area (Å²) in [4.78, 5) is 10.2. The second-order valence-corrected chi connectivity index (χ2v) is 6.48. The van der Waals surface area contributed by atoms with Gasteiger partial charge in [0.1, 0.15) is 15.7 Å². The van der Waals surface area contributed by atoms with Crippen molar-refractivity contribution in [3.05, 3.63) is 12.3 Å². The summed E-state index contributed by atoms with van der Waals surface area (Å²) in [5.74, 6) is 1.40. The Kier molecular flexibility index (Phi) is 5.33. The van der Waals surface area contributed by atoms with Gasteiger partial charge in [0.25, 0.3) is 0 Å². The van der Waals surface area contributed by atoms with Crippen molar-refractivity contribution in [3.63, 3.8) is 0 Å². The van der Waals surface area contributed by atoms with Gasteiger partial charge in [-0.1, -0.05) is 6.92 Å². The topological polar surface area (TPSA) is 75.2 Å². The van der Waals surface area contributed by atoms with E-state index in [0.717, 1.165) is 13.0 Å². The molecule has 18 heavy (non-hydrogen) atoms. The van der Waals surface area contributed by atoms with Crippen molar-refractivity contribution in [2.75, 3.05) is 42.4 Å². The van der Waals surface area contributed by atoms with Gasteiger partial charge in [-0.25, -0.2) is 13.4 Å². The summed E-state index contributed by atoms with van der Waals surface area (Å²) in [6, 6.07) is 1.76. The Bertz CT molecular complexity index is 476. The molecule has 0 fully saturated rings. The zero-order chi connectivity index (χ0) is 13.6. The van der Waals surface area contributed by atoms with Crippen LogP contribution < -0.4 is 10.2 Å². The quantitative estimate of drug-likeness (QED) is 0.790. The van der Waals surface area contributed by atoms with Crippen molar-refractivity contribution in [2.45, 2.75) is 13.3 Å². The molecule has 1 heterocycles. The fraction of sp³-hybridized carbons (Fsp3) is 0.636. The summed E-state index contributed by atoms with van der Waals surface area (Å²) in [6.45, 7) is 3.30. The van der Waals surface area contributed by atoms with Crippen LogP contribution in [0.25, 0.3) is 0 Å². The third kappa shape index (κ3) is 5.31. The van der Waals surface area contributed by atoms with Crippen molar-refractivity contribution >= 4 is 21.6 Å². The van der Waals surface area contributed by atoms with Crippen LogP contribution in [0, 0.1) is 0 Å². The molecule has 0 aliphatic carbocycles. The standard InChI is InChI=1S/C11H20N4O2S/c1-4-6-12-11-13-7-5-10(14-11)15(2)8-9-18(3,16)17/h5,7H,4,6,8-9H2,1-3H3,(H,12,13,14). The zero-order valence-corrected chi connectivity index (χ0v) is 11.9. The molecule has 0 amide bonds. The molecule has 1 rings (SSSR count). The molecule has 1 aromatic heterocycles. The number of aromatic nitrogens is 2. The molecule has 6 nitrogen and oxygen atoms in total. The van der Waals surface area contributed by atoms with Gasteiger partial charge in [0.15, 0.2) is 0 Å². The molecule has 0 saturated carbocycles. The minimum Gasteiger partial charge on any atom is -0.358 e. The van der Waals surface area contributed by atoms with Gasteiger partial charge in [0.2, 0.25) is 5.95 Å². The number of sulfone groups is 1. The molecule has 0 saturated heterocycles. The van der Waals surface area contributed by atoms with E-state index in [2.05, 4.69) is 22.2 Å². The van der Waals surface area contributed by atoms with E-state index in [-0.39, 0.29) is 5.75 Å². The van der Waals surface area contributed by atoms with Gasteiger partial charge < -0.3 is 10.2 Å². The van der Waals surface area contributed by atoms with Gasteiger partial charge >= 0.3 is 0 Å². The molecule has 0 aliphatic heterocycles. The summed E-state index contributed by atoms with van der Waals surface area (Å²) in [5, 5.41) is 3.09. The van der Waals surface area contributed by atoms with Crippen LogP contribution in [0.3, 0.4) is 0 Å². The van der Waals surface area contributed by atoms with E-state index in [4.69, 9.17) is 0 Å². The predicted molar refractivity (Wildman–Crippen MR) is 73.8 cm³/mol. The molecule has 0 bridgehead atoms. The van der Waals surface area contributed by atoms with Gasteiger partial charge in [-0.15, -0.1) is 0 Å². The third-order valence-electron chi connectivity index (χ3n) is 2.36. The molecule has 102 valence electrons. The van der Waals surface area contributed by atoms with Crippen LogP contribution in [0.2, 0.25) is 0 Å². The van der Waals surface area contributed by atoms with E-state index in [1.165, 1.54) is 6.26 Å². The Hall–Kier alpha value is -1.37. The van der Waals surface area contributed by atoms with Gasteiger partial charge in [-0.2, -0.15) is 4.98 Å². The first-order chi connectivity index (χ1) is 8.42. The average Bonchev–Trinajstić information content (AvgIpc) is 2.33. The van der Waals surface area contributed by atoms with Crippen LogP contribution in [-0.2, 0) is 9.84 Å². The first-order valence-corrected chi connectivity index (χ1v) is 7.94. The minimum absolute atomic E-state index is 0.116. The lowest BCUT2D eigenvalue weighted by atomic mass is 10.5. The predicted octanol–water partition coefficient (Wildman–Crippen LogP) is 0.779. The summed E-state index contributed by atoms with van der Waals surface area (Å²) < 4.78 is 22.2. The van der Waals surface area contributed by atoms with Crippen molar-refractivity contribution in [3.8, 4) is 0 Å². The lowest BCUT2D eigenvalue weighted by Gasteiger charge is -2.17. The fourth-order valence-corrected chi connectivity index (χ4v) is 1.91. The molecule has 0 unspecified atom stereocenters. The highest BCUT2D eigenvalue weighted by Gasteiger charge is 2.08. The maximum atomic E-state index is 11.1. The van der Waals surface area contributed by atoms with E-state index in [1.54, 1.807) is 17.2 Å². The molecule has 0 aliphatic rings. The molecule has 0 atom stereocenters. The van der Waals surface area contributed by atoms with Crippen LogP contribution in [0.1, 0.15) is 13.3 Å².